The molecule has 0 radical (unpaired) electrons. The Morgan fingerprint density at radius 2 is 1.88 bits per heavy atom. The lowest BCUT2D eigenvalue weighted by molar-refractivity contribution is -0.0635. The van der Waals surface area contributed by atoms with E-state index in [9.17, 15) is 8.42 Å². The van der Waals surface area contributed by atoms with Crippen LogP contribution in [-0.4, -0.2) is 36.7 Å². The van der Waals surface area contributed by atoms with Crippen LogP contribution < -0.4 is 5.73 Å². The minimum Gasteiger partial charge on any atom is -0.368 e. The highest BCUT2D eigenvalue weighted by atomic mass is 32.2. The normalized spacial score (nSPS) is 29.2. The fourth-order valence-electron chi connectivity index (χ4n) is 2.60. The van der Waals surface area contributed by atoms with Gasteiger partial charge in [0, 0.05) is 6.04 Å². The Bertz CT molecular complexity index is 373. The van der Waals surface area contributed by atoms with Crippen LogP contribution in [0.3, 0.4) is 0 Å². The molecule has 0 aliphatic carbocycles. The van der Waals surface area contributed by atoms with Crippen molar-refractivity contribution in [2.24, 2.45) is 5.73 Å². The van der Waals surface area contributed by atoms with Gasteiger partial charge in [-0.3, -0.25) is 0 Å². The molecule has 0 spiro atoms. The van der Waals surface area contributed by atoms with Gasteiger partial charge in [0.2, 0.25) is 0 Å². The Hall–Kier alpha value is -0.130. The molecule has 5 heteroatoms. The van der Waals surface area contributed by atoms with Gasteiger partial charge >= 0.3 is 0 Å². The van der Waals surface area contributed by atoms with Gasteiger partial charge < -0.3 is 10.5 Å². The summed E-state index contributed by atoms with van der Waals surface area (Å²) in [4.78, 5) is 0. The van der Waals surface area contributed by atoms with Gasteiger partial charge in [-0.05, 0) is 40.5 Å². The highest BCUT2D eigenvalue weighted by molar-refractivity contribution is 7.92. The molecule has 1 fully saturated rings. The average molecular weight is 263 g/mol. The number of sulfone groups is 1. The summed E-state index contributed by atoms with van der Waals surface area (Å²) in [5, 5.41) is -0.456. The van der Waals surface area contributed by atoms with Crippen LogP contribution in [0.1, 0.15) is 47.5 Å². The van der Waals surface area contributed by atoms with E-state index < -0.39 is 20.7 Å². The number of ether oxygens (including phenoxy) is 1. The highest BCUT2D eigenvalue weighted by Crippen LogP contribution is 2.41. The van der Waals surface area contributed by atoms with Crippen molar-refractivity contribution < 1.29 is 13.2 Å². The molecular formula is C12H25NO3S. The first-order chi connectivity index (χ1) is 7.50. The van der Waals surface area contributed by atoms with Crippen LogP contribution in [0, 0.1) is 0 Å². The number of nitrogens with two attached hydrogens (primary N) is 1. The molecule has 1 aliphatic rings. The van der Waals surface area contributed by atoms with E-state index in [1.54, 1.807) is 0 Å². The predicted molar refractivity (Wildman–Crippen MR) is 69.7 cm³/mol. The van der Waals surface area contributed by atoms with Crippen LogP contribution >= 0.6 is 0 Å². The zero-order valence-electron chi connectivity index (χ0n) is 11.5. The molecule has 0 aromatic carbocycles. The van der Waals surface area contributed by atoms with Gasteiger partial charge in [0.15, 0.2) is 9.84 Å². The van der Waals surface area contributed by atoms with Crippen LogP contribution in [0.4, 0.5) is 0 Å². The minimum absolute atomic E-state index is 0.0526. The summed E-state index contributed by atoms with van der Waals surface area (Å²) in [5.41, 5.74) is 4.76. The van der Waals surface area contributed by atoms with E-state index >= 15 is 0 Å². The Balaban J connectivity index is 2.93. The fraction of sp³-hybridized carbons (Fsp3) is 1.00. The van der Waals surface area contributed by atoms with Crippen molar-refractivity contribution in [3.8, 4) is 0 Å². The average Bonchev–Trinajstić information content (AvgIpc) is 2.34. The molecule has 1 rings (SSSR count). The molecule has 0 amide bonds. The van der Waals surface area contributed by atoms with Crippen molar-refractivity contribution >= 4 is 9.84 Å². The SMILES string of the molecule is CCC(N)CS(=O)(=O)C1CC(C)(C)OC1(C)C. The molecule has 102 valence electrons. The van der Waals surface area contributed by atoms with E-state index in [0.29, 0.717) is 12.8 Å². The lowest BCUT2D eigenvalue weighted by Crippen LogP contribution is -2.43. The van der Waals surface area contributed by atoms with E-state index in [0.717, 1.165) is 0 Å². The molecule has 1 heterocycles. The van der Waals surface area contributed by atoms with Crippen LogP contribution in [-0.2, 0) is 14.6 Å². The molecule has 17 heavy (non-hydrogen) atoms. The van der Waals surface area contributed by atoms with Crippen molar-refractivity contribution in [2.75, 3.05) is 5.75 Å². The molecule has 2 atom stereocenters. The third kappa shape index (κ3) is 3.42. The summed E-state index contributed by atoms with van der Waals surface area (Å²) in [7, 11) is -3.20. The maximum Gasteiger partial charge on any atom is 0.157 e. The van der Waals surface area contributed by atoms with Gasteiger partial charge in [-0.15, -0.1) is 0 Å². The first-order valence-electron chi connectivity index (χ1n) is 6.17. The van der Waals surface area contributed by atoms with Crippen molar-refractivity contribution in [1.82, 2.24) is 0 Å². The summed E-state index contributed by atoms with van der Waals surface area (Å²) in [6, 6.07) is -0.278. The summed E-state index contributed by atoms with van der Waals surface area (Å²) in [6.07, 6.45) is 1.22. The standard InChI is InChI=1S/C12H25NO3S/c1-6-9(13)8-17(14,15)10-7-11(2,3)16-12(10,4)5/h9-10H,6-8,13H2,1-5H3. The van der Waals surface area contributed by atoms with Crippen LogP contribution in [0.25, 0.3) is 0 Å². The number of hydrogen-bond donors (Lipinski definition) is 1. The summed E-state index contributed by atoms with van der Waals surface area (Å²) < 4.78 is 30.5. The minimum atomic E-state index is -3.20. The maximum atomic E-state index is 12.3. The zero-order chi connectivity index (χ0) is 13.5. The second-order valence-corrected chi connectivity index (χ2v) is 8.38. The summed E-state index contributed by atoms with van der Waals surface area (Å²) in [5.74, 6) is 0.0526. The molecule has 1 aliphatic heterocycles. The highest BCUT2D eigenvalue weighted by Gasteiger charge is 2.51. The molecule has 0 bridgehead atoms. The fourth-order valence-corrected chi connectivity index (χ4v) is 5.24. The smallest absolute Gasteiger partial charge is 0.157 e. The molecule has 4 nitrogen and oxygen atoms in total. The molecule has 2 unspecified atom stereocenters. The second kappa shape index (κ2) is 4.52. The lowest BCUT2D eigenvalue weighted by Gasteiger charge is -2.27. The van der Waals surface area contributed by atoms with Gasteiger partial charge in [-0.1, -0.05) is 6.92 Å². The molecule has 2 N–H and O–H groups in total. The third-order valence-electron chi connectivity index (χ3n) is 3.40. The molecular weight excluding hydrogens is 238 g/mol. The molecule has 0 aromatic heterocycles. The Morgan fingerprint density at radius 3 is 2.24 bits per heavy atom. The van der Waals surface area contributed by atoms with Crippen molar-refractivity contribution in [3.63, 3.8) is 0 Å². The van der Waals surface area contributed by atoms with Crippen LogP contribution in [0.15, 0.2) is 0 Å². The van der Waals surface area contributed by atoms with Crippen molar-refractivity contribution in [3.05, 3.63) is 0 Å². The van der Waals surface area contributed by atoms with E-state index in [2.05, 4.69) is 0 Å². The molecule has 0 saturated carbocycles. The lowest BCUT2D eigenvalue weighted by atomic mass is 10.0. The van der Waals surface area contributed by atoms with Gasteiger partial charge in [0.25, 0.3) is 0 Å². The van der Waals surface area contributed by atoms with Crippen molar-refractivity contribution in [2.45, 2.75) is 70.0 Å². The first-order valence-corrected chi connectivity index (χ1v) is 7.89. The van der Waals surface area contributed by atoms with E-state index in [4.69, 9.17) is 10.5 Å². The van der Waals surface area contributed by atoms with Gasteiger partial charge in [0.1, 0.15) is 0 Å². The number of hydrogen-bond acceptors (Lipinski definition) is 4. The predicted octanol–water partition coefficient (Wildman–Crippen LogP) is 1.48. The Labute approximate surface area is 105 Å². The zero-order valence-corrected chi connectivity index (χ0v) is 12.3. The quantitative estimate of drug-likeness (QED) is 0.834. The molecule has 0 aromatic rings. The van der Waals surface area contributed by atoms with Crippen LogP contribution in [0.2, 0.25) is 0 Å². The third-order valence-corrected chi connectivity index (χ3v) is 5.89. The topological polar surface area (TPSA) is 69.4 Å². The molecule has 1 saturated heterocycles. The van der Waals surface area contributed by atoms with E-state index in [-0.39, 0.29) is 17.4 Å². The van der Waals surface area contributed by atoms with Gasteiger partial charge in [-0.25, -0.2) is 8.42 Å². The van der Waals surface area contributed by atoms with Gasteiger partial charge in [0.05, 0.1) is 22.2 Å². The maximum absolute atomic E-state index is 12.3. The largest absolute Gasteiger partial charge is 0.368 e. The summed E-state index contributed by atoms with van der Waals surface area (Å²) in [6.45, 7) is 9.47. The monoisotopic (exact) mass is 263 g/mol. The summed E-state index contributed by atoms with van der Waals surface area (Å²) >= 11 is 0. The van der Waals surface area contributed by atoms with Gasteiger partial charge in [-0.2, -0.15) is 0 Å². The van der Waals surface area contributed by atoms with Crippen molar-refractivity contribution in [1.29, 1.82) is 0 Å². The second-order valence-electron chi connectivity index (χ2n) is 6.16. The van der Waals surface area contributed by atoms with Crippen LogP contribution in [0.5, 0.6) is 0 Å². The Kier molecular flexibility index (Phi) is 3.97. The first kappa shape index (κ1) is 14.9. The van der Waals surface area contributed by atoms with E-state index in [1.165, 1.54) is 0 Å². The number of rotatable bonds is 4. The van der Waals surface area contributed by atoms with E-state index in [1.807, 2.05) is 34.6 Å². The Morgan fingerprint density at radius 1 is 1.35 bits per heavy atom.